The second-order valence-electron chi connectivity index (χ2n) is 7.84. The van der Waals surface area contributed by atoms with Crippen LogP contribution in [0.1, 0.15) is 43.5 Å². The molecule has 1 saturated heterocycles. The zero-order chi connectivity index (χ0) is 18.9. The Morgan fingerprint density at radius 3 is 2.81 bits per heavy atom. The van der Waals surface area contributed by atoms with Gasteiger partial charge in [-0.15, -0.1) is 0 Å². The number of fused-ring (bicyclic) bond motifs is 2. The Labute approximate surface area is 159 Å². The molecular weight excluding hydrogens is 344 g/mol. The molecule has 4 rings (SSSR count). The summed E-state index contributed by atoms with van der Waals surface area (Å²) in [6.45, 7) is 2.08. The van der Waals surface area contributed by atoms with Gasteiger partial charge >= 0.3 is 0 Å². The first-order chi connectivity index (χ1) is 13.1. The van der Waals surface area contributed by atoms with Crippen molar-refractivity contribution in [1.29, 1.82) is 0 Å². The van der Waals surface area contributed by atoms with E-state index in [9.17, 15) is 9.59 Å². The van der Waals surface area contributed by atoms with E-state index in [0.29, 0.717) is 32.0 Å². The summed E-state index contributed by atoms with van der Waals surface area (Å²) in [5.74, 6) is 0.622. The van der Waals surface area contributed by atoms with E-state index in [1.54, 1.807) is 13.4 Å². The van der Waals surface area contributed by atoms with Gasteiger partial charge in [-0.25, -0.2) is 4.98 Å². The van der Waals surface area contributed by atoms with Crippen molar-refractivity contribution in [2.45, 2.75) is 44.1 Å². The summed E-state index contributed by atoms with van der Waals surface area (Å²) in [5, 5.41) is 0. The molecule has 3 aliphatic rings. The van der Waals surface area contributed by atoms with Gasteiger partial charge in [0.05, 0.1) is 17.6 Å². The number of carbonyl (C=O) groups is 2. The number of amides is 2. The lowest BCUT2D eigenvalue weighted by atomic mass is 9.78. The summed E-state index contributed by atoms with van der Waals surface area (Å²) in [4.78, 5) is 37.2. The van der Waals surface area contributed by atoms with Crippen molar-refractivity contribution >= 4 is 11.8 Å². The van der Waals surface area contributed by atoms with Crippen molar-refractivity contribution in [3.63, 3.8) is 0 Å². The standard InChI is InChI=1S/C20H28N4O3/c1-27-13-18(26)24-9-6-16-19(22-14-21-16)20(24)7-10-23(11-8-20)17(25)12-15-4-2-3-5-15/h2,4,14-15H,3,5-13H2,1H3,(H,21,22). The van der Waals surface area contributed by atoms with Gasteiger partial charge in [0.1, 0.15) is 6.61 Å². The fourth-order valence-corrected chi connectivity index (χ4v) is 4.89. The molecule has 7 heteroatoms. The molecular formula is C20H28N4O3. The maximum absolute atomic E-state index is 12.7. The molecule has 7 nitrogen and oxygen atoms in total. The summed E-state index contributed by atoms with van der Waals surface area (Å²) >= 11 is 0. The molecule has 1 N–H and O–H groups in total. The first kappa shape index (κ1) is 18.2. The number of likely N-dealkylation sites (tertiary alicyclic amines) is 1. The van der Waals surface area contributed by atoms with Crippen molar-refractivity contribution in [3.8, 4) is 0 Å². The number of carbonyl (C=O) groups excluding carboxylic acids is 2. The summed E-state index contributed by atoms with van der Waals surface area (Å²) in [6.07, 6.45) is 11.1. The molecule has 146 valence electrons. The summed E-state index contributed by atoms with van der Waals surface area (Å²) < 4.78 is 5.10. The van der Waals surface area contributed by atoms with E-state index in [0.717, 1.165) is 43.5 Å². The monoisotopic (exact) mass is 372 g/mol. The lowest BCUT2D eigenvalue weighted by Crippen LogP contribution is -2.59. The Bertz CT molecular complexity index is 733. The second kappa shape index (κ2) is 7.46. The van der Waals surface area contributed by atoms with Crippen molar-refractivity contribution in [2.75, 3.05) is 33.4 Å². The number of allylic oxidation sites excluding steroid dienone is 2. The zero-order valence-electron chi connectivity index (χ0n) is 15.9. The zero-order valence-corrected chi connectivity index (χ0v) is 15.9. The number of H-pyrrole nitrogens is 1. The second-order valence-corrected chi connectivity index (χ2v) is 7.84. The summed E-state index contributed by atoms with van der Waals surface area (Å²) in [6, 6.07) is 0. The van der Waals surface area contributed by atoms with Gasteiger partial charge in [-0.3, -0.25) is 9.59 Å². The molecule has 1 aromatic heterocycles. The molecule has 1 aliphatic carbocycles. The minimum absolute atomic E-state index is 0.00187. The van der Waals surface area contributed by atoms with Crippen LogP contribution in [0, 0.1) is 5.92 Å². The quantitative estimate of drug-likeness (QED) is 0.815. The van der Waals surface area contributed by atoms with Crippen LogP contribution in [0.15, 0.2) is 18.5 Å². The number of imidazole rings is 1. The smallest absolute Gasteiger partial charge is 0.249 e. The largest absolute Gasteiger partial charge is 0.375 e. The van der Waals surface area contributed by atoms with Crippen LogP contribution in [0.2, 0.25) is 0 Å². The van der Waals surface area contributed by atoms with E-state index in [1.165, 1.54) is 0 Å². The van der Waals surface area contributed by atoms with Crippen molar-refractivity contribution in [3.05, 3.63) is 29.9 Å². The number of methoxy groups -OCH3 is 1. The van der Waals surface area contributed by atoms with E-state index in [2.05, 4.69) is 22.1 Å². The highest BCUT2D eigenvalue weighted by Crippen LogP contribution is 2.42. The predicted octanol–water partition coefficient (Wildman–Crippen LogP) is 1.61. The van der Waals surface area contributed by atoms with Gasteiger partial charge in [-0.2, -0.15) is 0 Å². The highest BCUT2D eigenvalue weighted by Gasteiger charge is 2.49. The van der Waals surface area contributed by atoms with Crippen LogP contribution in [0.5, 0.6) is 0 Å². The third-order valence-corrected chi connectivity index (χ3v) is 6.32. The maximum Gasteiger partial charge on any atom is 0.249 e. The summed E-state index contributed by atoms with van der Waals surface area (Å²) in [5.41, 5.74) is 1.67. The van der Waals surface area contributed by atoms with Crippen LogP contribution in [-0.2, 0) is 26.3 Å². The lowest BCUT2D eigenvalue weighted by molar-refractivity contribution is -0.148. The Kier molecular flexibility index (Phi) is 5.04. The fourth-order valence-electron chi connectivity index (χ4n) is 4.89. The van der Waals surface area contributed by atoms with E-state index in [4.69, 9.17) is 4.74 Å². The number of hydrogen-bond acceptors (Lipinski definition) is 4. The van der Waals surface area contributed by atoms with Crippen LogP contribution in [0.3, 0.4) is 0 Å². The number of hydrogen-bond donors (Lipinski definition) is 1. The van der Waals surface area contributed by atoms with Crippen LogP contribution >= 0.6 is 0 Å². The highest BCUT2D eigenvalue weighted by atomic mass is 16.5. The molecule has 0 aromatic carbocycles. The number of piperidine rings is 1. The molecule has 1 unspecified atom stereocenters. The number of rotatable bonds is 4. The predicted molar refractivity (Wildman–Crippen MR) is 99.9 cm³/mol. The maximum atomic E-state index is 12.7. The van der Waals surface area contributed by atoms with Gasteiger partial charge in [0, 0.05) is 45.3 Å². The molecule has 1 aromatic rings. The third-order valence-electron chi connectivity index (χ3n) is 6.32. The van der Waals surface area contributed by atoms with E-state index in [1.807, 2.05) is 9.80 Å². The van der Waals surface area contributed by atoms with Gasteiger partial charge in [0.2, 0.25) is 11.8 Å². The topological polar surface area (TPSA) is 78.5 Å². The van der Waals surface area contributed by atoms with Gasteiger partial charge in [-0.05, 0) is 31.6 Å². The molecule has 0 radical (unpaired) electrons. The Morgan fingerprint density at radius 2 is 2.11 bits per heavy atom. The van der Waals surface area contributed by atoms with Crippen LogP contribution in [-0.4, -0.2) is 64.9 Å². The van der Waals surface area contributed by atoms with Gasteiger partial charge < -0.3 is 19.5 Å². The SMILES string of the molecule is COCC(=O)N1CCc2[nH]cnc2C12CCN(C(=O)CC1C=CCC1)CC2. The van der Waals surface area contributed by atoms with Crippen LogP contribution < -0.4 is 0 Å². The average molecular weight is 372 g/mol. The molecule has 1 fully saturated rings. The first-order valence-corrected chi connectivity index (χ1v) is 9.90. The summed E-state index contributed by atoms with van der Waals surface area (Å²) in [7, 11) is 1.55. The first-order valence-electron chi connectivity index (χ1n) is 9.90. The van der Waals surface area contributed by atoms with E-state index >= 15 is 0 Å². The van der Waals surface area contributed by atoms with E-state index in [-0.39, 0.29) is 18.4 Å². The Balaban J connectivity index is 1.50. The molecule has 3 heterocycles. The highest BCUT2D eigenvalue weighted by molar-refractivity contribution is 5.79. The fraction of sp³-hybridized carbons (Fsp3) is 0.650. The number of nitrogens with one attached hydrogen (secondary N) is 1. The molecule has 1 spiro atoms. The average Bonchev–Trinajstić information content (AvgIpc) is 3.35. The van der Waals surface area contributed by atoms with Crippen molar-refractivity contribution in [2.24, 2.45) is 5.92 Å². The molecule has 0 bridgehead atoms. The molecule has 27 heavy (non-hydrogen) atoms. The number of nitrogens with zero attached hydrogens (tertiary/aromatic N) is 3. The van der Waals surface area contributed by atoms with Crippen LogP contribution in [0.25, 0.3) is 0 Å². The molecule has 2 aliphatic heterocycles. The van der Waals surface area contributed by atoms with Crippen molar-refractivity contribution < 1.29 is 14.3 Å². The van der Waals surface area contributed by atoms with Crippen LogP contribution in [0.4, 0.5) is 0 Å². The number of aromatic nitrogens is 2. The lowest BCUT2D eigenvalue weighted by Gasteiger charge is -2.50. The minimum Gasteiger partial charge on any atom is -0.375 e. The molecule has 1 atom stereocenters. The van der Waals surface area contributed by atoms with E-state index < -0.39 is 5.54 Å². The third kappa shape index (κ3) is 3.29. The van der Waals surface area contributed by atoms with Gasteiger partial charge in [0.15, 0.2) is 0 Å². The van der Waals surface area contributed by atoms with Crippen molar-refractivity contribution in [1.82, 2.24) is 19.8 Å². The van der Waals surface area contributed by atoms with Gasteiger partial charge in [0.25, 0.3) is 0 Å². The Hall–Kier alpha value is -2.15. The minimum atomic E-state index is -0.423. The van der Waals surface area contributed by atoms with Gasteiger partial charge in [-0.1, -0.05) is 12.2 Å². The number of aromatic amines is 1. The Morgan fingerprint density at radius 1 is 1.30 bits per heavy atom. The number of ether oxygens (including phenoxy) is 1. The normalized spacial score (nSPS) is 23.7. The molecule has 0 saturated carbocycles. The molecule has 2 amide bonds.